The van der Waals surface area contributed by atoms with Gasteiger partial charge in [0.15, 0.2) is 5.78 Å². The summed E-state index contributed by atoms with van der Waals surface area (Å²) in [5.41, 5.74) is 3.14. The smallest absolute Gasteiger partial charge is 0.162 e. The Hall–Kier alpha value is -2.50. The minimum Gasteiger partial charge on any atom is -0.332 e. The number of ketones is 1. The minimum absolute atomic E-state index is 0.109. The first-order valence-corrected chi connectivity index (χ1v) is 11.6. The molecule has 0 N–H and O–H groups in total. The van der Waals surface area contributed by atoms with Gasteiger partial charge in [-0.2, -0.15) is 0 Å². The number of nitrogens with zero attached hydrogens (tertiary/aromatic N) is 4. The summed E-state index contributed by atoms with van der Waals surface area (Å²) in [6.45, 7) is 9.59. The zero-order chi connectivity index (χ0) is 21.5. The van der Waals surface area contributed by atoms with E-state index in [1.165, 1.54) is 38.0 Å². The van der Waals surface area contributed by atoms with Crippen LogP contribution < -0.4 is 0 Å². The number of carbonyl (C=O) groups is 1. The summed E-state index contributed by atoms with van der Waals surface area (Å²) in [5.74, 6) is 0.109. The van der Waals surface area contributed by atoms with E-state index >= 15 is 0 Å². The molecule has 0 spiro atoms. The molecule has 3 aromatic rings. The maximum Gasteiger partial charge on any atom is 0.162 e. The van der Waals surface area contributed by atoms with Crippen LogP contribution in [-0.4, -0.2) is 64.4 Å². The summed E-state index contributed by atoms with van der Waals surface area (Å²) in [6, 6.07) is 14.7. The van der Waals surface area contributed by atoms with Crippen molar-refractivity contribution in [2.75, 3.05) is 39.3 Å². The molecule has 1 aromatic carbocycles. The molecule has 1 fully saturated rings. The van der Waals surface area contributed by atoms with E-state index in [4.69, 9.17) is 0 Å². The van der Waals surface area contributed by atoms with Gasteiger partial charge in [0.1, 0.15) is 5.65 Å². The molecule has 4 rings (SSSR count). The van der Waals surface area contributed by atoms with Gasteiger partial charge in [0, 0.05) is 49.5 Å². The molecule has 1 saturated heterocycles. The van der Waals surface area contributed by atoms with E-state index in [0.29, 0.717) is 0 Å². The molecular weight excluding hydrogens is 384 g/mol. The number of pyridine rings is 1. The second kappa shape index (κ2) is 10.7. The van der Waals surface area contributed by atoms with Crippen molar-refractivity contribution in [3.8, 4) is 0 Å². The highest BCUT2D eigenvalue weighted by atomic mass is 16.1. The van der Waals surface area contributed by atoms with Crippen LogP contribution in [0.3, 0.4) is 0 Å². The molecule has 5 heteroatoms. The summed E-state index contributed by atoms with van der Waals surface area (Å²) in [5, 5.41) is 0.970. The molecule has 0 bridgehead atoms. The van der Waals surface area contributed by atoms with Crippen molar-refractivity contribution >= 4 is 16.8 Å². The van der Waals surface area contributed by atoms with Crippen LogP contribution in [0.5, 0.6) is 0 Å². The molecule has 0 radical (unpaired) electrons. The topological polar surface area (TPSA) is 41.4 Å². The van der Waals surface area contributed by atoms with E-state index in [1.54, 1.807) is 6.92 Å². The van der Waals surface area contributed by atoms with Crippen LogP contribution in [0.1, 0.15) is 42.1 Å². The quantitative estimate of drug-likeness (QED) is 0.384. The van der Waals surface area contributed by atoms with Gasteiger partial charge in [-0.3, -0.25) is 4.79 Å². The lowest BCUT2D eigenvalue weighted by Crippen LogP contribution is -2.32. The van der Waals surface area contributed by atoms with Gasteiger partial charge in [-0.15, -0.1) is 0 Å². The number of hydrogen-bond acceptors (Lipinski definition) is 4. The molecule has 1 aliphatic heterocycles. The summed E-state index contributed by atoms with van der Waals surface area (Å²) in [6.07, 6.45) is 8.46. The number of rotatable bonds is 9. The highest BCUT2D eigenvalue weighted by Crippen LogP contribution is 2.20. The van der Waals surface area contributed by atoms with Gasteiger partial charge in [-0.25, -0.2) is 4.98 Å². The predicted molar refractivity (Wildman–Crippen MR) is 127 cm³/mol. The summed E-state index contributed by atoms with van der Waals surface area (Å²) < 4.78 is 2.15. The first-order chi connectivity index (χ1) is 15.2. The Morgan fingerprint density at radius 3 is 2.42 bits per heavy atom. The van der Waals surface area contributed by atoms with Crippen LogP contribution in [0.15, 0.2) is 54.9 Å². The van der Waals surface area contributed by atoms with Gasteiger partial charge < -0.3 is 14.4 Å². The van der Waals surface area contributed by atoms with Crippen molar-refractivity contribution in [2.24, 2.45) is 0 Å². The standard InChI is InChI=1S/C26H34N4O/c1-22(31)25-21-30(26-24(25)11-7-13-27-26)17-6-5-14-28-15-8-16-29(20-19-28)18-12-23-9-3-2-4-10-23/h2-4,7,9-11,13,21H,5-6,8,12,14-20H2,1H3. The Labute approximate surface area is 185 Å². The average molecular weight is 419 g/mol. The van der Waals surface area contributed by atoms with Gasteiger partial charge in [0.2, 0.25) is 0 Å². The molecule has 0 amide bonds. The van der Waals surface area contributed by atoms with Gasteiger partial charge in [0.05, 0.1) is 0 Å². The number of aryl methyl sites for hydroxylation is 1. The number of aromatic nitrogens is 2. The lowest BCUT2D eigenvalue weighted by Gasteiger charge is -2.21. The molecule has 2 aromatic heterocycles. The Morgan fingerprint density at radius 1 is 0.903 bits per heavy atom. The Balaban J connectivity index is 1.21. The largest absolute Gasteiger partial charge is 0.332 e. The number of benzene rings is 1. The third-order valence-corrected chi connectivity index (χ3v) is 6.38. The molecular formula is C26H34N4O. The van der Waals surface area contributed by atoms with Crippen molar-refractivity contribution in [3.05, 3.63) is 66.0 Å². The summed E-state index contributed by atoms with van der Waals surface area (Å²) in [4.78, 5) is 21.7. The number of unbranched alkanes of at least 4 members (excludes halogenated alkanes) is 1. The third kappa shape index (κ3) is 5.81. The number of Topliss-reactive ketones (excluding diaryl/α,β-unsaturated/α-hetero) is 1. The van der Waals surface area contributed by atoms with Crippen LogP contribution in [-0.2, 0) is 13.0 Å². The highest BCUT2D eigenvalue weighted by Gasteiger charge is 2.15. The molecule has 0 atom stereocenters. The van der Waals surface area contributed by atoms with Crippen molar-refractivity contribution in [1.29, 1.82) is 0 Å². The monoisotopic (exact) mass is 418 g/mol. The van der Waals surface area contributed by atoms with Gasteiger partial charge in [0.25, 0.3) is 0 Å². The first-order valence-electron chi connectivity index (χ1n) is 11.6. The van der Waals surface area contributed by atoms with Gasteiger partial charge in [-0.05, 0) is 69.9 Å². The number of fused-ring (bicyclic) bond motifs is 1. The van der Waals surface area contributed by atoms with E-state index in [9.17, 15) is 4.79 Å². The number of carbonyl (C=O) groups excluding carboxylic acids is 1. The lowest BCUT2D eigenvalue weighted by molar-refractivity contribution is 0.101. The second-order valence-corrected chi connectivity index (χ2v) is 8.65. The van der Waals surface area contributed by atoms with E-state index < -0.39 is 0 Å². The zero-order valence-corrected chi connectivity index (χ0v) is 18.7. The molecule has 164 valence electrons. The SMILES string of the molecule is CC(=O)c1cn(CCCCN2CCCN(CCc3ccccc3)CC2)c2ncccc12. The van der Waals surface area contributed by atoms with Crippen molar-refractivity contribution < 1.29 is 4.79 Å². The summed E-state index contributed by atoms with van der Waals surface area (Å²) in [7, 11) is 0. The van der Waals surface area contributed by atoms with Crippen molar-refractivity contribution in [2.45, 2.75) is 39.2 Å². The van der Waals surface area contributed by atoms with Crippen molar-refractivity contribution in [1.82, 2.24) is 19.4 Å². The second-order valence-electron chi connectivity index (χ2n) is 8.65. The Morgan fingerprint density at radius 2 is 1.65 bits per heavy atom. The fraction of sp³-hybridized carbons (Fsp3) is 0.462. The molecule has 31 heavy (non-hydrogen) atoms. The third-order valence-electron chi connectivity index (χ3n) is 6.38. The summed E-state index contributed by atoms with van der Waals surface area (Å²) >= 11 is 0. The zero-order valence-electron chi connectivity index (χ0n) is 18.7. The maximum atomic E-state index is 11.9. The van der Waals surface area contributed by atoms with Crippen LogP contribution in [0.2, 0.25) is 0 Å². The average Bonchev–Trinajstić information content (AvgIpc) is 3.01. The maximum absolute atomic E-state index is 11.9. The molecule has 1 aliphatic rings. The van der Waals surface area contributed by atoms with Crippen LogP contribution >= 0.6 is 0 Å². The first kappa shape index (κ1) is 21.7. The molecule has 0 aliphatic carbocycles. The minimum atomic E-state index is 0.109. The fourth-order valence-electron chi connectivity index (χ4n) is 4.59. The lowest BCUT2D eigenvalue weighted by atomic mass is 10.1. The van der Waals surface area contributed by atoms with E-state index in [1.807, 2.05) is 24.5 Å². The fourth-order valence-corrected chi connectivity index (χ4v) is 4.59. The van der Waals surface area contributed by atoms with Crippen LogP contribution in [0.25, 0.3) is 11.0 Å². The van der Waals surface area contributed by atoms with Crippen LogP contribution in [0, 0.1) is 0 Å². The Kier molecular flexibility index (Phi) is 7.49. The highest BCUT2D eigenvalue weighted by molar-refractivity contribution is 6.06. The van der Waals surface area contributed by atoms with Gasteiger partial charge >= 0.3 is 0 Å². The van der Waals surface area contributed by atoms with E-state index in [2.05, 4.69) is 49.7 Å². The van der Waals surface area contributed by atoms with Gasteiger partial charge in [-0.1, -0.05) is 30.3 Å². The van der Waals surface area contributed by atoms with E-state index in [-0.39, 0.29) is 5.78 Å². The van der Waals surface area contributed by atoms with Crippen molar-refractivity contribution in [3.63, 3.8) is 0 Å². The molecule has 3 heterocycles. The normalized spacial score (nSPS) is 15.9. The van der Waals surface area contributed by atoms with Crippen LogP contribution in [0.4, 0.5) is 0 Å². The molecule has 0 unspecified atom stereocenters. The molecule has 0 saturated carbocycles. The van der Waals surface area contributed by atoms with E-state index in [0.717, 1.165) is 55.6 Å². The Bertz CT molecular complexity index is 981. The number of hydrogen-bond donors (Lipinski definition) is 0. The predicted octanol–water partition coefficient (Wildman–Crippen LogP) is 4.27. The molecule has 5 nitrogen and oxygen atoms in total.